The molecular formula is C16H21N5OS. The fraction of sp³-hybridized carbons (Fsp3) is 0.438. The molecule has 0 spiro atoms. The average molecular weight is 331 g/mol. The second-order valence-electron chi connectivity index (χ2n) is 5.96. The maximum absolute atomic E-state index is 6.27. The Morgan fingerprint density at radius 2 is 2.17 bits per heavy atom. The highest BCUT2D eigenvalue weighted by molar-refractivity contribution is 7.99. The molecule has 0 saturated carbocycles. The summed E-state index contributed by atoms with van der Waals surface area (Å²) in [6.07, 6.45) is 0.854. The Morgan fingerprint density at radius 1 is 1.35 bits per heavy atom. The van der Waals surface area contributed by atoms with Gasteiger partial charge in [-0.05, 0) is 24.5 Å². The fourth-order valence-electron chi connectivity index (χ4n) is 2.53. The Labute approximate surface area is 140 Å². The van der Waals surface area contributed by atoms with E-state index in [9.17, 15) is 0 Å². The Kier molecular flexibility index (Phi) is 4.68. The number of aromatic nitrogens is 3. The highest BCUT2D eigenvalue weighted by Gasteiger charge is 2.23. The highest BCUT2D eigenvalue weighted by Crippen LogP contribution is 2.28. The minimum Gasteiger partial charge on any atom is -0.497 e. The first kappa shape index (κ1) is 16.0. The molecular weight excluding hydrogens is 310 g/mol. The molecule has 1 aromatic heterocycles. The normalized spacial score (nSPS) is 15.3. The molecule has 0 aliphatic carbocycles. The summed E-state index contributed by atoms with van der Waals surface area (Å²) in [4.78, 5) is 0. The second kappa shape index (κ2) is 6.72. The Hall–Kier alpha value is -1.86. The zero-order chi connectivity index (χ0) is 16.4. The summed E-state index contributed by atoms with van der Waals surface area (Å²) in [5, 5.41) is 14.0. The van der Waals surface area contributed by atoms with Crippen LogP contribution in [0.15, 0.2) is 34.5 Å². The summed E-state index contributed by atoms with van der Waals surface area (Å²) < 4.78 is 7.08. The van der Waals surface area contributed by atoms with E-state index in [1.807, 2.05) is 24.3 Å². The third kappa shape index (κ3) is 3.40. The van der Waals surface area contributed by atoms with Gasteiger partial charge in [0.05, 0.1) is 18.9 Å². The molecule has 6 nitrogen and oxygen atoms in total. The molecule has 0 fully saturated rings. The number of methoxy groups -OCH3 is 1. The Balaban J connectivity index is 1.94. The molecule has 0 bridgehead atoms. The van der Waals surface area contributed by atoms with Gasteiger partial charge in [0.25, 0.3) is 0 Å². The number of hydrogen-bond acceptors (Lipinski definition) is 6. The smallest absolute Gasteiger partial charge is 0.212 e. The first-order valence-corrected chi connectivity index (χ1v) is 8.63. The minimum atomic E-state index is -0.162. The van der Waals surface area contributed by atoms with Crippen molar-refractivity contribution < 1.29 is 4.74 Å². The van der Waals surface area contributed by atoms with Crippen molar-refractivity contribution in [2.75, 3.05) is 12.9 Å². The number of hydrogen-bond donors (Lipinski definition) is 1. The lowest BCUT2D eigenvalue weighted by molar-refractivity contribution is 0.414. The van der Waals surface area contributed by atoms with Crippen LogP contribution in [0.2, 0.25) is 0 Å². The molecule has 0 amide bonds. The number of nitrogens with zero attached hydrogens (tertiary/aromatic N) is 4. The van der Waals surface area contributed by atoms with Gasteiger partial charge in [0.2, 0.25) is 5.16 Å². The predicted molar refractivity (Wildman–Crippen MR) is 92.1 cm³/mol. The van der Waals surface area contributed by atoms with E-state index < -0.39 is 0 Å². The first-order chi connectivity index (χ1) is 11.1. The van der Waals surface area contributed by atoms with Gasteiger partial charge < -0.3 is 10.5 Å². The lowest BCUT2D eigenvalue weighted by atomic mass is 10.0. The van der Waals surface area contributed by atoms with Crippen LogP contribution in [0.3, 0.4) is 0 Å². The van der Waals surface area contributed by atoms with Crippen molar-refractivity contribution in [2.45, 2.75) is 31.5 Å². The van der Waals surface area contributed by atoms with Crippen LogP contribution in [-0.4, -0.2) is 33.4 Å². The van der Waals surface area contributed by atoms with Crippen molar-refractivity contribution in [3.05, 3.63) is 35.7 Å². The van der Waals surface area contributed by atoms with Crippen molar-refractivity contribution in [3.8, 4) is 5.75 Å². The monoisotopic (exact) mass is 331 g/mol. The molecule has 1 aromatic carbocycles. The van der Waals surface area contributed by atoms with Gasteiger partial charge in [-0.1, -0.05) is 37.7 Å². The van der Waals surface area contributed by atoms with E-state index >= 15 is 0 Å². The van der Waals surface area contributed by atoms with Gasteiger partial charge in [-0.15, -0.1) is 10.2 Å². The summed E-state index contributed by atoms with van der Waals surface area (Å²) in [5.74, 6) is 2.80. The SMILES string of the molecule is COc1cccc(C2=Nn3c(nnc3C(N)CC(C)C)SC2)c1. The number of thioether (sulfide) groups is 1. The van der Waals surface area contributed by atoms with Crippen LogP contribution in [-0.2, 0) is 0 Å². The maximum Gasteiger partial charge on any atom is 0.212 e. The number of ether oxygens (including phenoxy) is 1. The first-order valence-electron chi connectivity index (χ1n) is 7.64. The van der Waals surface area contributed by atoms with E-state index in [-0.39, 0.29) is 6.04 Å². The summed E-state index contributed by atoms with van der Waals surface area (Å²) in [7, 11) is 1.66. The second-order valence-corrected chi connectivity index (χ2v) is 6.90. The largest absolute Gasteiger partial charge is 0.497 e. The van der Waals surface area contributed by atoms with Gasteiger partial charge in [0.1, 0.15) is 5.75 Å². The van der Waals surface area contributed by atoms with Crippen molar-refractivity contribution in [1.29, 1.82) is 0 Å². The lowest BCUT2D eigenvalue weighted by Gasteiger charge is -2.17. The summed E-state index contributed by atoms with van der Waals surface area (Å²) >= 11 is 1.62. The molecule has 2 heterocycles. The van der Waals surface area contributed by atoms with Crippen molar-refractivity contribution in [3.63, 3.8) is 0 Å². The molecule has 7 heteroatoms. The lowest BCUT2D eigenvalue weighted by Crippen LogP contribution is -2.20. The van der Waals surface area contributed by atoms with E-state index in [1.54, 1.807) is 23.5 Å². The topological polar surface area (TPSA) is 78.3 Å². The predicted octanol–water partition coefficient (Wildman–Crippen LogP) is 2.69. The number of fused-ring (bicyclic) bond motifs is 1. The van der Waals surface area contributed by atoms with Crippen LogP contribution in [0.5, 0.6) is 5.75 Å². The number of benzene rings is 1. The average Bonchev–Trinajstić information content (AvgIpc) is 2.97. The number of rotatable bonds is 5. The Morgan fingerprint density at radius 3 is 2.91 bits per heavy atom. The van der Waals surface area contributed by atoms with E-state index in [4.69, 9.17) is 15.6 Å². The van der Waals surface area contributed by atoms with Crippen molar-refractivity contribution in [2.24, 2.45) is 16.8 Å². The quantitative estimate of drug-likeness (QED) is 0.911. The fourth-order valence-corrected chi connectivity index (χ4v) is 3.38. The van der Waals surface area contributed by atoms with Crippen LogP contribution < -0.4 is 10.5 Å². The van der Waals surface area contributed by atoms with Crippen molar-refractivity contribution >= 4 is 17.5 Å². The zero-order valence-corrected chi connectivity index (χ0v) is 14.4. The highest BCUT2D eigenvalue weighted by atomic mass is 32.2. The van der Waals surface area contributed by atoms with Gasteiger partial charge >= 0.3 is 0 Å². The summed E-state index contributed by atoms with van der Waals surface area (Å²) in [6.45, 7) is 4.29. The molecule has 1 aliphatic heterocycles. The summed E-state index contributed by atoms with van der Waals surface area (Å²) in [6, 6.07) is 7.75. The van der Waals surface area contributed by atoms with E-state index in [0.29, 0.717) is 5.92 Å². The van der Waals surface area contributed by atoms with Crippen LogP contribution >= 0.6 is 11.8 Å². The molecule has 122 valence electrons. The zero-order valence-electron chi connectivity index (χ0n) is 13.6. The van der Waals surface area contributed by atoms with E-state index in [1.165, 1.54) is 0 Å². The Bertz CT molecular complexity index is 725. The van der Waals surface area contributed by atoms with Gasteiger partial charge in [0.15, 0.2) is 5.82 Å². The third-order valence-electron chi connectivity index (χ3n) is 3.65. The van der Waals surface area contributed by atoms with Crippen LogP contribution in [0, 0.1) is 5.92 Å². The molecule has 1 atom stereocenters. The summed E-state index contributed by atoms with van der Waals surface area (Å²) in [5.41, 5.74) is 8.29. The molecule has 0 saturated heterocycles. The van der Waals surface area contributed by atoms with Crippen LogP contribution in [0.25, 0.3) is 0 Å². The number of nitrogens with two attached hydrogens (primary N) is 1. The minimum absolute atomic E-state index is 0.162. The molecule has 1 aliphatic rings. The molecule has 1 unspecified atom stereocenters. The maximum atomic E-state index is 6.27. The molecule has 2 aromatic rings. The van der Waals surface area contributed by atoms with Crippen molar-refractivity contribution in [1.82, 2.24) is 14.9 Å². The van der Waals surface area contributed by atoms with Gasteiger partial charge in [0, 0.05) is 11.3 Å². The van der Waals surface area contributed by atoms with Gasteiger partial charge in [-0.2, -0.15) is 9.78 Å². The molecule has 3 rings (SSSR count). The van der Waals surface area contributed by atoms with Crippen LogP contribution in [0.1, 0.15) is 37.7 Å². The standard InChI is InChI=1S/C16H21N5OS/c1-10(2)7-13(17)15-18-19-16-21(15)20-14(9-23-16)11-5-4-6-12(8-11)22-3/h4-6,8,10,13H,7,9,17H2,1-3H3. The molecule has 23 heavy (non-hydrogen) atoms. The molecule has 0 radical (unpaired) electrons. The molecule has 2 N–H and O–H groups in total. The van der Waals surface area contributed by atoms with E-state index in [2.05, 4.69) is 24.0 Å². The van der Waals surface area contributed by atoms with Crippen LogP contribution in [0.4, 0.5) is 0 Å². The third-order valence-corrected chi connectivity index (χ3v) is 4.59. The van der Waals surface area contributed by atoms with Gasteiger partial charge in [-0.25, -0.2) is 0 Å². The van der Waals surface area contributed by atoms with Gasteiger partial charge in [-0.3, -0.25) is 0 Å². The van der Waals surface area contributed by atoms with E-state index in [0.717, 1.165) is 40.2 Å².